The predicted octanol–water partition coefficient (Wildman–Crippen LogP) is 2.88. The van der Waals surface area contributed by atoms with Crippen molar-refractivity contribution in [1.82, 2.24) is 0 Å². The van der Waals surface area contributed by atoms with Gasteiger partial charge in [-0.15, -0.1) is 0 Å². The molecule has 1 heterocycles. The second-order valence-electron chi connectivity index (χ2n) is 4.25. The molecule has 0 amide bonds. The summed E-state index contributed by atoms with van der Waals surface area (Å²) in [5.41, 5.74) is 8.57. The van der Waals surface area contributed by atoms with Gasteiger partial charge >= 0.3 is 0 Å². The number of rotatable bonds is 2. The molecule has 1 aliphatic rings. The summed E-state index contributed by atoms with van der Waals surface area (Å²) in [6.45, 7) is 2.05. The number of hydrogen-bond donors (Lipinski definition) is 1. The smallest absolute Gasteiger partial charge is 0.0435 e. The van der Waals surface area contributed by atoms with E-state index in [1.165, 1.54) is 11.3 Å². The SMILES string of the molecule is Cc1cc(CC2CSCC2N)ccc1Cl. The Morgan fingerprint density at radius 3 is 2.87 bits per heavy atom. The average molecular weight is 242 g/mol. The van der Waals surface area contributed by atoms with Crippen LogP contribution in [0.2, 0.25) is 5.02 Å². The monoisotopic (exact) mass is 241 g/mol. The van der Waals surface area contributed by atoms with Crippen LogP contribution in [-0.4, -0.2) is 17.5 Å². The molecule has 2 N–H and O–H groups in total. The third-order valence-electron chi connectivity index (χ3n) is 2.97. The molecule has 1 fully saturated rings. The van der Waals surface area contributed by atoms with Gasteiger partial charge in [0.05, 0.1) is 0 Å². The van der Waals surface area contributed by atoms with Crippen molar-refractivity contribution in [1.29, 1.82) is 0 Å². The van der Waals surface area contributed by atoms with Gasteiger partial charge in [-0.05, 0) is 42.2 Å². The number of aryl methyl sites for hydroxylation is 1. The molecule has 2 rings (SSSR count). The molecule has 1 aromatic carbocycles. The molecular weight excluding hydrogens is 226 g/mol. The molecule has 1 nitrogen and oxygen atoms in total. The maximum atomic E-state index is 6.05. The number of nitrogens with two attached hydrogens (primary N) is 1. The molecule has 2 unspecified atom stereocenters. The molecule has 3 heteroatoms. The quantitative estimate of drug-likeness (QED) is 0.862. The lowest BCUT2D eigenvalue weighted by Crippen LogP contribution is -2.29. The highest BCUT2D eigenvalue weighted by Gasteiger charge is 2.24. The maximum Gasteiger partial charge on any atom is 0.0435 e. The van der Waals surface area contributed by atoms with Crippen molar-refractivity contribution in [3.05, 3.63) is 34.3 Å². The molecule has 0 aromatic heterocycles. The van der Waals surface area contributed by atoms with Gasteiger partial charge in [-0.3, -0.25) is 0 Å². The molecule has 0 spiro atoms. The van der Waals surface area contributed by atoms with Gasteiger partial charge in [0, 0.05) is 16.8 Å². The fourth-order valence-corrected chi connectivity index (χ4v) is 3.43. The van der Waals surface area contributed by atoms with Crippen LogP contribution in [0.4, 0.5) is 0 Å². The first kappa shape index (κ1) is 11.3. The molecule has 0 aliphatic carbocycles. The minimum absolute atomic E-state index is 0.367. The van der Waals surface area contributed by atoms with Crippen LogP contribution in [0.3, 0.4) is 0 Å². The Morgan fingerprint density at radius 2 is 2.27 bits per heavy atom. The summed E-state index contributed by atoms with van der Waals surface area (Å²) < 4.78 is 0. The number of thioether (sulfide) groups is 1. The van der Waals surface area contributed by atoms with Gasteiger partial charge in [0.2, 0.25) is 0 Å². The fourth-order valence-electron chi connectivity index (χ4n) is 1.96. The van der Waals surface area contributed by atoms with Crippen molar-refractivity contribution in [2.75, 3.05) is 11.5 Å². The van der Waals surface area contributed by atoms with Gasteiger partial charge in [0.1, 0.15) is 0 Å². The lowest BCUT2D eigenvalue weighted by molar-refractivity contribution is 0.515. The van der Waals surface area contributed by atoms with E-state index in [1.54, 1.807) is 0 Å². The highest BCUT2D eigenvalue weighted by molar-refractivity contribution is 7.99. The van der Waals surface area contributed by atoms with Crippen LogP contribution in [0.15, 0.2) is 18.2 Å². The minimum Gasteiger partial charge on any atom is -0.327 e. The molecule has 0 saturated carbocycles. The summed E-state index contributed by atoms with van der Waals surface area (Å²) in [5.74, 6) is 2.94. The summed E-state index contributed by atoms with van der Waals surface area (Å²) in [4.78, 5) is 0. The van der Waals surface area contributed by atoms with Crippen LogP contribution in [0.5, 0.6) is 0 Å². The Bertz CT molecular complexity index is 353. The van der Waals surface area contributed by atoms with Crippen molar-refractivity contribution < 1.29 is 0 Å². The summed E-state index contributed by atoms with van der Waals surface area (Å²) in [7, 11) is 0. The van der Waals surface area contributed by atoms with E-state index in [0.717, 1.165) is 22.8 Å². The van der Waals surface area contributed by atoms with E-state index in [1.807, 2.05) is 17.8 Å². The summed E-state index contributed by atoms with van der Waals surface area (Å²) in [6, 6.07) is 6.65. The number of hydrogen-bond acceptors (Lipinski definition) is 2. The van der Waals surface area contributed by atoms with Gasteiger partial charge in [-0.2, -0.15) is 11.8 Å². The van der Waals surface area contributed by atoms with E-state index in [4.69, 9.17) is 17.3 Å². The van der Waals surface area contributed by atoms with Gasteiger partial charge in [-0.25, -0.2) is 0 Å². The number of benzene rings is 1. The lowest BCUT2D eigenvalue weighted by Gasteiger charge is -2.14. The molecular formula is C12H16ClNS. The second kappa shape index (κ2) is 4.77. The zero-order valence-corrected chi connectivity index (χ0v) is 10.4. The van der Waals surface area contributed by atoms with E-state index >= 15 is 0 Å². The molecule has 82 valence electrons. The third kappa shape index (κ3) is 2.68. The third-order valence-corrected chi connectivity index (χ3v) is 4.68. The minimum atomic E-state index is 0.367. The van der Waals surface area contributed by atoms with Crippen LogP contribution in [-0.2, 0) is 6.42 Å². The lowest BCUT2D eigenvalue weighted by atomic mass is 9.95. The van der Waals surface area contributed by atoms with Gasteiger partial charge < -0.3 is 5.73 Å². The van der Waals surface area contributed by atoms with Crippen LogP contribution < -0.4 is 5.73 Å². The summed E-state index contributed by atoms with van der Waals surface area (Å²) in [5, 5.41) is 0.851. The molecule has 1 saturated heterocycles. The number of halogens is 1. The Hall–Kier alpha value is -0.180. The van der Waals surface area contributed by atoms with Crippen molar-refractivity contribution in [2.45, 2.75) is 19.4 Å². The summed E-state index contributed by atoms with van der Waals surface area (Å²) in [6.07, 6.45) is 1.09. The van der Waals surface area contributed by atoms with Crippen LogP contribution >= 0.6 is 23.4 Å². The maximum absolute atomic E-state index is 6.05. The normalized spacial score (nSPS) is 25.8. The molecule has 0 radical (unpaired) electrons. The zero-order chi connectivity index (χ0) is 10.8. The van der Waals surface area contributed by atoms with Crippen molar-refractivity contribution >= 4 is 23.4 Å². The Kier molecular flexibility index (Phi) is 3.60. The second-order valence-corrected chi connectivity index (χ2v) is 5.73. The molecule has 2 atom stereocenters. The highest BCUT2D eigenvalue weighted by Crippen LogP contribution is 2.27. The van der Waals surface area contributed by atoms with Crippen LogP contribution in [0, 0.1) is 12.8 Å². The first-order valence-electron chi connectivity index (χ1n) is 5.25. The predicted molar refractivity (Wildman–Crippen MR) is 68.7 cm³/mol. The van der Waals surface area contributed by atoms with Crippen LogP contribution in [0.25, 0.3) is 0 Å². The Morgan fingerprint density at radius 1 is 1.47 bits per heavy atom. The van der Waals surface area contributed by atoms with Gasteiger partial charge in [0.25, 0.3) is 0 Å². The zero-order valence-electron chi connectivity index (χ0n) is 8.87. The largest absolute Gasteiger partial charge is 0.327 e. The Balaban J connectivity index is 2.07. The fraction of sp³-hybridized carbons (Fsp3) is 0.500. The topological polar surface area (TPSA) is 26.0 Å². The first-order valence-corrected chi connectivity index (χ1v) is 6.78. The molecule has 15 heavy (non-hydrogen) atoms. The van der Waals surface area contributed by atoms with Crippen molar-refractivity contribution in [3.8, 4) is 0 Å². The van der Waals surface area contributed by atoms with E-state index in [9.17, 15) is 0 Å². The highest BCUT2D eigenvalue weighted by atomic mass is 35.5. The van der Waals surface area contributed by atoms with E-state index < -0.39 is 0 Å². The average Bonchev–Trinajstić information content (AvgIpc) is 2.59. The van der Waals surface area contributed by atoms with Gasteiger partial charge in [-0.1, -0.05) is 23.7 Å². The van der Waals surface area contributed by atoms with Gasteiger partial charge in [0.15, 0.2) is 0 Å². The van der Waals surface area contributed by atoms with E-state index in [2.05, 4.69) is 19.1 Å². The standard InChI is InChI=1S/C12H16ClNS/c1-8-4-9(2-3-11(8)13)5-10-6-15-7-12(10)14/h2-4,10,12H,5-7,14H2,1H3. The molecule has 1 aromatic rings. The molecule has 0 bridgehead atoms. The van der Waals surface area contributed by atoms with Crippen LogP contribution in [0.1, 0.15) is 11.1 Å². The van der Waals surface area contributed by atoms with E-state index in [-0.39, 0.29) is 0 Å². The van der Waals surface area contributed by atoms with Crippen molar-refractivity contribution in [2.24, 2.45) is 11.7 Å². The van der Waals surface area contributed by atoms with E-state index in [0.29, 0.717) is 12.0 Å². The first-order chi connectivity index (χ1) is 7.16. The summed E-state index contributed by atoms with van der Waals surface area (Å²) >= 11 is 7.96. The Labute approximate surface area is 100 Å². The van der Waals surface area contributed by atoms with Crippen molar-refractivity contribution in [3.63, 3.8) is 0 Å². The molecule has 1 aliphatic heterocycles.